The van der Waals surface area contributed by atoms with E-state index in [-0.39, 0.29) is 12.2 Å². The molecular weight excluding hydrogens is 436 g/mol. The van der Waals surface area contributed by atoms with Crippen molar-refractivity contribution >= 4 is 0 Å². The number of nitrogens with zero attached hydrogens (tertiary/aromatic N) is 3. The second-order valence-corrected chi connectivity index (χ2v) is 13.5. The summed E-state index contributed by atoms with van der Waals surface area (Å²) in [5, 5.41) is 36.7. The van der Waals surface area contributed by atoms with Gasteiger partial charge in [0, 0.05) is 6.42 Å². The van der Waals surface area contributed by atoms with Crippen LogP contribution in [0.2, 0.25) is 0 Å². The smallest absolute Gasteiger partial charge is 0.174 e. The summed E-state index contributed by atoms with van der Waals surface area (Å²) in [7, 11) is 0. The lowest BCUT2D eigenvalue weighted by Gasteiger charge is -2.64. The Kier molecular flexibility index (Phi) is 7.35. The van der Waals surface area contributed by atoms with Crippen LogP contribution in [-0.2, 0) is 6.42 Å². The monoisotopic (exact) mass is 486 g/mol. The fourth-order valence-electron chi connectivity index (χ4n) is 10.3. The van der Waals surface area contributed by atoms with Crippen molar-refractivity contribution in [3.8, 4) is 0 Å². The van der Waals surface area contributed by atoms with Crippen LogP contribution in [0.25, 0.3) is 0 Å². The summed E-state index contributed by atoms with van der Waals surface area (Å²) in [6.07, 6.45) is 14.9. The Bertz CT molecular complexity index is 833. The Morgan fingerprint density at radius 2 is 1.74 bits per heavy atom. The zero-order valence-electron chi connectivity index (χ0n) is 22.6. The first-order valence-electron chi connectivity index (χ1n) is 14.9. The zero-order chi connectivity index (χ0) is 24.8. The molecule has 4 aliphatic carbocycles. The third-order valence-electron chi connectivity index (χ3n) is 12.1. The number of hydrogen-bond acceptors (Lipinski definition) is 5. The van der Waals surface area contributed by atoms with E-state index < -0.39 is 0 Å². The molecular formula is C29H50N4O2. The predicted octanol–water partition coefficient (Wildman–Crippen LogP) is 5.57. The summed E-state index contributed by atoms with van der Waals surface area (Å²) in [5.41, 5.74) is 0.676. The number of aliphatic hydroxyl groups excluding tert-OH is 2. The van der Waals surface area contributed by atoms with Crippen molar-refractivity contribution in [1.29, 1.82) is 0 Å². The average Bonchev–Trinajstić information content (AvgIpc) is 3.47. The van der Waals surface area contributed by atoms with E-state index in [1.165, 1.54) is 44.9 Å². The lowest BCUT2D eigenvalue weighted by Crippen LogP contribution is -2.62. The fraction of sp³-hybridized carbons (Fsp3) is 0.966. The molecule has 0 amide bonds. The maximum atomic E-state index is 11.9. The third-order valence-corrected chi connectivity index (χ3v) is 12.1. The quantitative estimate of drug-likeness (QED) is 0.418. The summed E-state index contributed by atoms with van der Waals surface area (Å²) in [5.74, 6) is 4.98. The number of unbranched alkanes of at least 4 members (excludes halogenated alkanes) is 2. The maximum absolute atomic E-state index is 11.9. The number of aryl methyl sites for hydroxylation is 1. The van der Waals surface area contributed by atoms with Crippen molar-refractivity contribution in [2.75, 3.05) is 0 Å². The molecule has 198 valence electrons. The molecule has 0 aliphatic heterocycles. The second-order valence-electron chi connectivity index (χ2n) is 13.5. The zero-order valence-corrected chi connectivity index (χ0v) is 22.6. The van der Waals surface area contributed by atoms with Crippen molar-refractivity contribution in [3.63, 3.8) is 0 Å². The largest absolute Gasteiger partial charge is 0.393 e. The molecule has 0 aromatic carbocycles. The summed E-state index contributed by atoms with van der Waals surface area (Å²) in [6.45, 7) is 9.93. The van der Waals surface area contributed by atoms with Gasteiger partial charge in [-0.3, -0.25) is 0 Å². The molecule has 4 fully saturated rings. The predicted molar refractivity (Wildman–Crippen MR) is 137 cm³/mol. The lowest BCUT2D eigenvalue weighted by atomic mass is 9.41. The van der Waals surface area contributed by atoms with Crippen LogP contribution in [0.1, 0.15) is 111 Å². The number of fused-ring (bicyclic) bond motifs is 5. The highest BCUT2D eigenvalue weighted by Crippen LogP contribution is 2.69. The highest BCUT2D eigenvalue weighted by atomic mass is 16.3. The minimum Gasteiger partial charge on any atom is -0.393 e. The molecule has 4 unspecified atom stereocenters. The molecule has 6 nitrogen and oxygen atoms in total. The van der Waals surface area contributed by atoms with Gasteiger partial charge < -0.3 is 10.2 Å². The Morgan fingerprint density at radius 1 is 0.971 bits per heavy atom. The molecule has 5 rings (SSSR count). The van der Waals surface area contributed by atoms with Crippen LogP contribution < -0.4 is 0 Å². The number of rotatable bonds is 8. The van der Waals surface area contributed by atoms with E-state index in [2.05, 4.69) is 48.3 Å². The molecule has 1 aromatic rings. The molecule has 3 N–H and O–H groups in total. The number of aromatic amines is 1. The molecule has 1 aromatic heterocycles. The molecule has 35 heavy (non-hydrogen) atoms. The van der Waals surface area contributed by atoms with Crippen LogP contribution in [0, 0.1) is 52.3 Å². The molecule has 4 saturated carbocycles. The number of aromatic nitrogens is 4. The van der Waals surface area contributed by atoms with E-state index in [1.54, 1.807) is 0 Å². The minimum atomic E-state index is -0.183. The van der Waals surface area contributed by atoms with Crippen LogP contribution in [0.3, 0.4) is 0 Å². The second kappa shape index (κ2) is 10.0. The van der Waals surface area contributed by atoms with E-state index in [0.29, 0.717) is 40.4 Å². The average molecular weight is 487 g/mol. The van der Waals surface area contributed by atoms with Crippen molar-refractivity contribution in [1.82, 2.24) is 20.6 Å². The van der Waals surface area contributed by atoms with Gasteiger partial charge in [-0.1, -0.05) is 58.6 Å². The Morgan fingerprint density at radius 3 is 2.49 bits per heavy atom. The number of aliphatic hydroxyl groups is 2. The van der Waals surface area contributed by atoms with Gasteiger partial charge >= 0.3 is 0 Å². The van der Waals surface area contributed by atoms with Crippen molar-refractivity contribution in [2.24, 2.45) is 52.3 Å². The molecule has 4 aliphatic rings. The number of H-pyrrole nitrogens is 1. The normalized spacial score (nSPS) is 46.0. The van der Waals surface area contributed by atoms with Gasteiger partial charge in [-0.25, -0.2) is 0 Å². The highest BCUT2D eigenvalue weighted by Gasteiger charge is 2.64. The van der Waals surface area contributed by atoms with Gasteiger partial charge in [-0.05, 0) is 104 Å². The van der Waals surface area contributed by atoms with Gasteiger partial charge in [0.1, 0.15) is 0 Å². The minimum absolute atomic E-state index is 0.163. The molecule has 6 heteroatoms. The summed E-state index contributed by atoms with van der Waals surface area (Å²) >= 11 is 0. The molecule has 0 radical (unpaired) electrons. The summed E-state index contributed by atoms with van der Waals surface area (Å²) < 4.78 is 0. The first kappa shape index (κ1) is 25.6. The van der Waals surface area contributed by atoms with Gasteiger partial charge in [0.25, 0.3) is 0 Å². The van der Waals surface area contributed by atoms with Crippen molar-refractivity contribution in [2.45, 2.75) is 123 Å². The standard InChI is InChI=1S/C29H50N4O2/c1-5-20-24-17-19(34)13-15-29(24,4)23-14-16-28(3)21(11-12-22(28)26(23)27(20)35)18(2)9-7-6-8-10-25-30-32-33-31-25/h18-24,26-27,34-35H,5-17H2,1-4H3,(H,30,31,32,33)/t18-,19-,20-,21?,22+,23+,24?,26?,27-,28?,29+/m1/s1. The molecule has 0 spiro atoms. The van der Waals surface area contributed by atoms with Crippen LogP contribution in [-0.4, -0.2) is 43.0 Å². The Labute approximate surface area is 212 Å². The molecule has 0 bridgehead atoms. The maximum Gasteiger partial charge on any atom is 0.174 e. The summed E-state index contributed by atoms with van der Waals surface area (Å²) in [4.78, 5) is 0. The van der Waals surface area contributed by atoms with E-state index in [9.17, 15) is 10.2 Å². The molecule has 1 heterocycles. The van der Waals surface area contributed by atoms with Gasteiger partial charge in [0.2, 0.25) is 0 Å². The highest BCUT2D eigenvalue weighted by molar-refractivity contribution is 5.13. The Hall–Kier alpha value is -1.01. The van der Waals surface area contributed by atoms with Crippen molar-refractivity contribution < 1.29 is 10.2 Å². The van der Waals surface area contributed by atoms with Crippen LogP contribution in [0.15, 0.2) is 0 Å². The van der Waals surface area contributed by atoms with E-state index in [4.69, 9.17) is 0 Å². The first-order chi connectivity index (χ1) is 16.8. The molecule has 0 saturated heterocycles. The Balaban J connectivity index is 1.25. The number of tetrazole rings is 1. The van der Waals surface area contributed by atoms with Gasteiger partial charge in [0.15, 0.2) is 5.82 Å². The first-order valence-corrected chi connectivity index (χ1v) is 14.9. The van der Waals surface area contributed by atoms with E-state index in [0.717, 1.165) is 56.2 Å². The topological polar surface area (TPSA) is 94.9 Å². The van der Waals surface area contributed by atoms with E-state index >= 15 is 0 Å². The third kappa shape index (κ3) is 4.39. The van der Waals surface area contributed by atoms with Crippen LogP contribution >= 0.6 is 0 Å². The van der Waals surface area contributed by atoms with E-state index in [1.807, 2.05) is 0 Å². The number of hydrogen-bond donors (Lipinski definition) is 3. The van der Waals surface area contributed by atoms with Gasteiger partial charge in [-0.2, -0.15) is 5.21 Å². The van der Waals surface area contributed by atoms with Gasteiger partial charge in [0.05, 0.1) is 12.2 Å². The van der Waals surface area contributed by atoms with Crippen LogP contribution in [0.5, 0.6) is 0 Å². The SMILES string of the molecule is CC[C@@H]1C2C[C@H](O)CC[C@@]2(C)[C@H]2CCC3(C)C([C@H](C)CCCCCc4nn[nH]n4)CC[C@H]3C2[C@@H]1O. The fourth-order valence-corrected chi connectivity index (χ4v) is 10.3. The van der Waals surface area contributed by atoms with Crippen LogP contribution in [0.4, 0.5) is 0 Å². The van der Waals surface area contributed by atoms with Gasteiger partial charge in [-0.15, -0.1) is 10.2 Å². The lowest BCUT2D eigenvalue weighted by molar-refractivity contribution is -0.203. The van der Waals surface area contributed by atoms with Crippen molar-refractivity contribution in [3.05, 3.63) is 5.82 Å². The summed E-state index contributed by atoms with van der Waals surface area (Å²) in [6, 6.07) is 0. The number of nitrogens with one attached hydrogen (secondary N) is 1. The molecule has 11 atom stereocenters.